The summed E-state index contributed by atoms with van der Waals surface area (Å²) in [5.74, 6) is 0. The Bertz CT molecular complexity index is 8850. The van der Waals surface area contributed by atoms with E-state index < -0.39 is 0 Å². The first kappa shape index (κ1) is 71.4. The lowest BCUT2D eigenvalue weighted by Crippen LogP contribution is -1.89. The Morgan fingerprint density at radius 2 is 0.403 bits per heavy atom. The summed E-state index contributed by atoms with van der Waals surface area (Å²) in [6.07, 6.45) is 0. The summed E-state index contributed by atoms with van der Waals surface area (Å²) in [5.41, 5.74) is 20.6. The average molecular weight is 1610 g/mol. The maximum atomic E-state index is 6.35. The lowest BCUT2D eigenvalue weighted by Gasteiger charge is -2.15. The van der Waals surface area contributed by atoms with E-state index in [2.05, 4.69) is 425 Å². The Balaban J connectivity index is 0.000000104. The fraction of sp³-hybridized carbons (Fsp3) is 0. The molecule has 0 atom stereocenters. The van der Waals surface area contributed by atoms with Gasteiger partial charge in [0, 0.05) is 67.5 Å². The van der Waals surface area contributed by atoms with Crippen LogP contribution in [0.15, 0.2) is 446 Å². The summed E-state index contributed by atoms with van der Waals surface area (Å²) in [6, 6.07) is 159. The van der Waals surface area contributed by atoms with Gasteiger partial charge in [-0.25, -0.2) is 0 Å². The van der Waals surface area contributed by atoms with Crippen molar-refractivity contribution in [3.8, 4) is 77.9 Å². The molecule has 0 aliphatic rings. The normalized spacial score (nSPS) is 11.9. The van der Waals surface area contributed by atoms with Crippen molar-refractivity contribution in [2.24, 2.45) is 0 Å². The highest BCUT2D eigenvalue weighted by molar-refractivity contribution is 7.26. The van der Waals surface area contributed by atoms with E-state index in [1.807, 2.05) is 34.8 Å². The fourth-order valence-corrected chi connectivity index (χ4v) is 22.5. The number of furan rings is 2. The van der Waals surface area contributed by atoms with E-state index in [0.29, 0.717) is 0 Å². The van der Waals surface area contributed by atoms with Gasteiger partial charge < -0.3 is 8.83 Å². The molecule has 0 bridgehead atoms. The molecule has 0 aliphatic carbocycles. The number of rotatable bonds is 7. The molecule has 4 aromatic heterocycles. The molecule has 27 rings (SSSR count). The van der Waals surface area contributed by atoms with Gasteiger partial charge in [0.15, 0.2) is 0 Å². The summed E-state index contributed by atoms with van der Waals surface area (Å²) in [4.78, 5) is 0. The minimum absolute atomic E-state index is 0.891. The van der Waals surface area contributed by atoms with E-state index in [0.717, 1.165) is 71.7 Å². The second kappa shape index (κ2) is 29.1. The molecule has 0 saturated carbocycles. The van der Waals surface area contributed by atoms with Gasteiger partial charge in [-0.2, -0.15) is 0 Å². The minimum Gasteiger partial charge on any atom is -0.456 e. The van der Waals surface area contributed by atoms with Crippen LogP contribution >= 0.6 is 22.7 Å². The van der Waals surface area contributed by atoms with Crippen LogP contribution in [0.2, 0.25) is 0 Å². The Labute approximate surface area is 721 Å². The number of para-hydroxylation sites is 2. The predicted molar refractivity (Wildman–Crippen MR) is 535 cm³/mol. The van der Waals surface area contributed by atoms with Crippen LogP contribution in [0.5, 0.6) is 0 Å². The van der Waals surface area contributed by atoms with Gasteiger partial charge in [-0.3, -0.25) is 0 Å². The molecule has 0 aliphatic heterocycles. The van der Waals surface area contributed by atoms with Gasteiger partial charge in [-0.1, -0.05) is 358 Å². The fourth-order valence-electron chi connectivity index (χ4n) is 20.1. The molecule has 0 N–H and O–H groups in total. The lowest BCUT2D eigenvalue weighted by atomic mass is 9.88. The summed E-state index contributed by atoms with van der Waals surface area (Å²) in [5, 5.41) is 33.3. The van der Waals surface area contributed by atoms with E-state index in [1.165, 1.54) is 187 Å². The van der Waals surface area contributed by atoms with Crippen molar-refractivity contribution in [1.29, 1.82) is 0 Å². The van der Waals surface area contributed by atoms with Gasteiger partial charge in [0.05, 0.1) is 0 Å². The highest BCUT2D eigenvalue weighted by Crippen LogP contribution is 2.49. The number of fused-ring (bicyclic) bond motifs is 30. The van der Waals surface area contributed by atoms with Crippen LogP contribution in [0.3, 0.4) is 0 Å². The Morgan fingerprint density at radius 1 is 0.129 bits per heavy atom. The first-order chi connectivity index (χ1) is 61.5. The van der Waals surface area contributed by atoms with Crippen molar-refractivity contribution in [2.75, 3.05) is 0 Å². The molecule has 124 heavy (non-hydrogen) atoms. The summed E-state index contributed by atoms with van der Waals surface area (Å²) in [7, 11) is 0. The van der Waals surface area contributed by atoms with Crippen molar-refractivity contribution < 1.29 is 8.83 Å². The molecule has 4 heteroatoms. The Hall–Kier alpha value is -15.6. The van der Waals surface area contributed by atoms with Gasteiger partial charge in [0.1, 0.15) is 22.3 Å². The van der Waals surface area contributed by atoms with Crippen molar-refractivity contribution in [2.45, 2.75) is 0 Å². The molecule has 27 aromatic rings. The summed E-state index contributed by atoms with van der Waals surface area (Å²) < 4.78 is 18.1. The SMILES string of the molecule is c1ccc(-c2cccc3c2sc2ccccc23)c(-c2ccc3c4ccccc4c4ccccc4c3c2)c1.c1ccc2c(c1)oc1cccc(-c3cc(-c4ccc5c6ccccc6c6ccccc6c5c4)cc(-c4cccc5oc6ccccc6c45)c3)c12.c1ccc2c(c1)sc1cc(-c3ccc(-c4ccc5c6ccccc6c6ccccc6c5c4)cc3)ccc12. The monoisotopic (exact) mass is 1610 g/mol. The van der Waals surface area contributed by atoms with Crippen molar-refractivity contribution >= 4 is 204 Å². The Morgan fingerprint density at radius 3 is 0.863 bits per heavy atom. The third-order valence-corrected chi connectivity index (χ3v) is 28.1. The van der Waals surface area contributed by atoms with Crippen molar-refractivity contribution in [3.63, 3.8) is 0 Å². The maximum absolute atomic E-state index is 6.35. The quantitative estimate of drug-likeness (QED) is 0.149. The number of benzene rings is 23. The first-order valence-electron chi connectivity index (χ1n) is 42.5. The van der Waals surface area contributed by atoms with Gasteiger partial charge in [-0.05, 0) is 248 Å². The number of hydrogen-bond acceptors (Lipinski definition) is 4. The molecule has 0 radical (unpaired) electrons. The predicted octanol–water partition coefficient (Wildman–Crippen LogP) is 35.6. The highest BCUT2D eigenvalue weighted by Gasteiger charge is 2.22. The van der Waals surface area contributed by atoms with Crippen molar-refractivity contribution in [1.82, 2.24) is 0 Å². The second-order valence-corrected chi connectivity index (χ2v) is 34.8. The van der Waals surface area contributed by atoms with Gasteiger partial charge in [-0.15, -0.1) is 22.7 Å². The smallest absolute Gasteiger partial charge is 0.136 e. The van der Waals surface area contributed by atoms with E-state index >= 15 is 0 Å². The zero-order chi connectivity index (χ0) is 81.5. The first-order valence-corrected chi connectivity index (χ1v) is 44.1. The van der Waals surface area contributed by atoms with Crippen LogP contribution in [0, 0.1) is 0 Å². The Kier molecular flexibility index (Phi) is 16.8. The van der Waals surface area contributed by atoms with Gasteiger partial charge in [0.2, 0.25) is 0 Å². The minimum atomic E-state index is 0.891. The molecule has 0 spiro atoms. The molecular formula is C120H72O2S2. The molecule has 0 saturated heterocycles. The molecule has 23 aromatic carbocycles. The molecule has 4 heterocycles. The van der Waals surface area contributed by atoms with Crippen LogP contribution < -0.4 is 0 Å². The molecule has 0 unspecified atom stereocenters. The van der Waals surface area contributed by atoms with Crippen LogP contribution in [0.4, 0.5) is 0 Å². The third-order valence-electron chi connectivity index (χ3n) is 25.8. The van der Waals surface area contributed by atoms with Crippen LogP contribution in [-0.4, -0.2) is 0 Å². The highest BCUT2D eigenvalue weighted by atomic mass is 32.1. The molecule has 576 valence electrons. The molecule has 2 nitrogen and oxygen atoms in total. The zero-order valence-electron chi connectivity index (χ0n) is 67.2. The van der Waals surface area contributed by atoms with Crippen LogP contribution in [0.25, 0.3) is 259 Å². The summed E-state index contributed by atoms with van der Waals surface area (Å²) in [6.45, 7) is 0. The van der Waals surface area contributed by atoms with E-state index in [-0.39, 0.29) is 0 Å². The molecule has 0 amide bonds. The largest absolute Gasteiger partial charge is 0.456 e. The maximum Gasteiger partial charge on any atom is 0.136 e. The van der Waals surface area contributed by atoms with Crippen molar-refractivity contribution in [3.05, 3.63) is 437 Å². The lowest BCUT2D eigenvalue weighted by molar-refractivity contribution is 0.668. The van der Waals surface area contributed by atoms with E-state index in [1.54, 1.807) is 0 Å². The van der Waals surface area contributed by atoms with E-state index in [4.69, 9.17) is 8.83 Å². The van der Waals surface area contributed by atoms with Crippen LogP contribution in [-0.2, 0) is 0 Å². The standard InChI is InChI=1S/C48H28O2.2C36H22S/c1-2-13-37-35(11-1)36-12-3-4-14-38(36)42-28-29(23-24-39(37)42)30-25-31(33-17-9-21-45-47(33)40-15-5-7-19-43(40)49-45)27-32(26-30)34-18-10-22-46-48(34)41-16-6-8-20-44(41)50-46;1-2-11-25(32-17-9-18-33-31-16-7-8-19-35(31)37-36(32)33)24(10-1)23-20-21-30-28-14-4-3-12-26(28)27-13-5-6-15-29(27)34(30)22-23;1-2-9-29-27(7-1)28-8-3-4-10-30(28)34-21-25(17-19-31(29)34)23-13-15-24(16-14-23)26-18-20-33-32-11-5-6-12-35(32)37-36(33)22-26/h1-28H;2*1-22H. The van der Waals surface area contributed by atoms with Gasteiger partial charge >= 0.3 is 0 Å². The third kappa shape index (κ3) is 11.7. The topological polar surface area (TPSA) is 26.3 Å². The number of thiophene rings is 2. The number of hydrogen-bond donors (Lipinski definition) is 0. The summed E-state index contributed by atoms with van der Waals surface area (Å²) >= 11 is 3.77. The van der Waals surface area contributed by atoms with E-state index in [9.17, 15) is 0 Å². The molecule has 0 fully saturated rings. The molecular weight excluding hydrogens is 1540 g/mol. The van der Waals surface area contributed by atoms with Crippen LogP contribution in [0.1, 0.15) is 0 Å². The van der Waals surface area contributed by atoms with Gasteiger partial charge in [0.25, 0.3) is 0 Å². The second-order valence-electron chi connectivity index (χ2n) is 32.6. The average Bonchev–Trinajstić information content (AvgIpc) is 1.24. The zero-order valence-corrected chi connectivity index (χ0v) is 68.8.